The van der Waals surface area contributed by atoms with Gasteiger partial charge in [-0.2, -0.15) is 0 Å². The van der Waals surface area contributed by atoms with Crippen LogP contribution in [0, 0.1) is 7.05 Å². The van der Waals surface area contributed by atoms with Gasteiger partial charge in [0.2, 0.25) is 11.8 Å². The van der Waals surface area contributed by atoms with E-state index in [1.165, 1.54) is 6.08 Å². The third kappa shape index (κ3) is 7.52. The quantitative estimate of drug-likeness (QED) is 0.545. The van der Waals surface area contributed by atoms with Crippen molar-refractivity contribution < 1.29 is 9.59 Å². The molecule has 0 spiro atoms. The van der Waals surface area contributed by atoms with E-state index in [1.54, 1.807) is 6.08 Å². The summed E-state index contributed by atoms with van der Waals surface area (Å²) in [6.45, 7) is 0.326. The Morgan fingerprint density at radius 3 is 2.69 bits per heavy atom. The Balaban J connectivity index is 3.48. The fourth-order valence-corrected chi connectivity index (χ4v) is 0.785. The van der Waals surface area contributed by atoms with Gasteiger partial charge in [-0.1, -0.05) is 22.0 Å². The normalized spacial score (nSPS) is 10.0. The lowest BCUT2D eigenvalue weighted by Crippen LogP contribution is -2.27. The van der Waals surface area contributed by atoms with Gasteiger partial charge in [0.05, 0.1) is 0 Å². The number of allylic oxidation sites excluding steroid dienone is 1. The van der Waals surface area contributed by atoms with Crippen LogP contribution >= 0.6 is 15.9 Å². The first-order valence-corrected chi connectivity index (χ1v) is 4.89. The number of carbonyl (C=O) groups is 2. The van der Waals surface area contributed by atoms with Crippen molar-refractivity contribution in [3.63, 3.8) is 0 Å². The molecule has 0 aliphatic rings. The Kier molecular flexibility index (Phi) is 7.29. The minimum atomic E-state index is -0.198. The molecule has 0 rings (SSSR count). The monoisotopic (exact) mass is 247 g/mol. The lowest BCUT2D eigenvalue weighted by molar-refractivity contribution is -0.120. The van der Waals surface area contributed by atoms with Crippen molar-refractivity contribution in [3.8, 4) is 0 Å². The van der Waals surface area contributed by atoms with E-state index in [9.17, 15) is 9.59 Å². The molecule has 0 bridgehead atoms. The summed E-state index contributed by atoms with van der Waals surface area (Å²) in [5.41, 5.74) is 0. The van der Waals surface area contributed by atoms with E-state index < -0.39 is 0 Å². The molecule has 0 aromatic rings. The maximum absolute atomic E-state index is 10.9. The van der Waals surface area contributed by atoms with Crippen molar-refractivity contribution in [1.29, 1.82) is 0 Å². The molecule has 0 heterocycles. The second-order valence-corrected chi connectivity index (χ2v) is 2.85. The van der Waals surface area contributed by atoms with Crippen LogP contribution in [0.1, 0.15) is 6.42 Å². The lowest BCUT2D eigenvalue weighted by atomic mass is 10.4. The highest BCUT2D eigenvalue weighted by atomic mass is 79.9. The second kappa shape index (κ2) is 7.79. The topological polar surface area (TPSA) is 58.2 Å². The molecular formula is C8H12BrN2O2. The number of amides is 2. The van der Waals surface area contributed by atoms with Crippen molar-refractivity contribution >= 4 is 27.7 Å². The number of hydrogen-bond acceptors (Lipinski definition) is 2. The number of alkyl halides is 1. The van der Waals surface area contributed by atoms with Gasteiger partial charge in [-0.3, -0.25) is 9.59 Å². The zero-order valence-corrected chi connectivity index (χ0v) is 8.76. The van der Waals surface area contributed by atoms with Crippen LogP contribution in [0.2, 0.25) is 0 Å². The zero-order valence-electron chi connectivity index (χ0n) is 7.18. The predicted molar refractivity (Wildman–Crippen MR) is 54.1 cm³/mol. The minimum absolute atomic E-state index is 0.190. The van der Waals surface area contributed by atoms with E-state index in [0.29, 0.717) is 11.9 Å². The van der Waals surface area contributed by atoms with E-state index in [0.717, 1.165) is 0 Å². The average molecular weight is 248 g/mol. The molecule has 2 amide bonds. The highest BCUT2D eigenvalue weighted by Crippen LogP contribution is 1.82. The molecule has 0 aromatic heterocycles. The van der Waals surface area contributed by atoms with Crippen molar-refractivity contribution in [3.05, 3.63) is 19.2 Å². The molecule has 0 atom stereocenters. The van der Waals surface area contributed by atoms with Crippen LogP contribution in [-0.2, 0) is 9.59 Å². The third-order valence-electron chi connectivity index (χ3n) is 1.21. The molecule has 0 saturated carbocycles. The standard InChI is InChI=1S/C8H12BrN2O2/c1-10-7(12)4-6-11-8(13)3-2-5-9/h2-3H,1,4-6H2,(H,10,12)(H,11,13)/b3-2+. The zero-order chi connectivity index (χ0) is 10.1. The molecule has 2 N–H and O–H groups in total. The molecule has 13 heavy (non-hydrogen) atoms. The van der Waals surface area contributed by atoms with E-state index in [2.05, 4.69) is 33.6 Å². The highest BCUT2D eigenvalue weighted by molar-refractivity contribution is 9.09. The van der Waals surface area contributed by atoms with Gasteiger partial charge in [0.1, 0.15) is 0 Å². The molecule has 73 valence electrons. The average Bonchev–Trinajstić information content (AvgIpc) is 2.14. The summed E-state index contributed by atoms with van der Waals surface area (Å²) in [6, 6.07) is 0. The van der Waals surface area contributed by atoms with Gasteiger partial charge in [0, 0.05) is 25.3 Å². The lowest BCUT2D eigenvalue weighted by Gasteiger charge is -2.00. The molecule has 0 aliphatic heterocycles. The molecule has 0 aromatic carbocycles. The van der Waals surface area contributed by atoms with E-state index in [4.69, 9.17) is 0 Å². The summed E-state index contributed by atoms with van der Waals surface area (Å²) >= 11 is 3.14. The summed E-state index contributed by atoms with van der Waals surface area (Å²) in [6.07, 6.45) is 3.34. The molecule has 1 radical (unpaired) electrons. The second-order valence-electron chi connectivity index (χ2n) is 2.20. The van der Waals surface area contributed by atoms with Crippen LogP contribution in [0.3, 0.4) is 0 Å². The Morgan fingerprint density at radius 2 is 2.15 bits per heavy atom. The van der Waals surface area contributed by atoms with Gasteiger partial charge < -0.3 is 10.6 Å². The maximum Gasteiger partial charge on any atom is 0.243 e. The van der Waals surface area contributed by atoms with E-state index >= 15 is 0 Å². The van der Waals surface area contributed by atoms with E-state index in [-0.39, 0.29) is 18.2 Å². The summed E-state index contributed by atoms with van der Waals surface area (Å²) in [4.78, 5) is 21.6. The van der Waals surface area contributed by atoms with Crippen LogP contribution in [0.15, 0.2) is 12.2 Å². The predicted octanol–water partition coefficient (Wildman–Crippen LogP) is 0.352. The van der Waals surface area contributed by atoms with Crippen molar-refractivity contribution in [2.24, 2.45) is 0 Å². The SMILES string of the molecule is [CH2]NC(=O)CCNC(=O)/C=C/CBr. The smallest absolute Gasteiger partial charge is 0.243 e. The number of nitrogens with one attached hydrogen (secondary N) is 2. The first-order valence-electron chi connectivity index (χ1n) is 3.77. The van der Waals surface area contributed by atoms with Gasteiger partial charge in [-0.25, -0.2) is 0 Å². The van der Waals surface area contributed by atoms with Crippen LogP contribution in [0.4, 0.5) is 0 Å². The Hall–Kier alpha value is -0.840. The number of halogens is 1. The highest BCUT2D eigenvalue weighted by Gasteiger charge is 1.98. The van der Waals surface area contributed by atoms with Crippen molar-refractivity contribution in [2.45, 2.75) is 6.42 Å². The summed E-state index contributed by atoms with van der Waals surface area (Å²) in [7, 11) is 3.20. The molecular weight excluding hydrogens is 236 g/mol. The van der Waals surface area contributed by atoms with Crippen LogP contribution in [0.25, 0.3) is 0 Å². The third-order valence-corrected chi connectivity index (χ3v) is 1.58. The van der Waals surface area contributed by atoms with Gasteiger partial charge in [0.15, 0.2) is 0 Å². The Morgan fingerprint density at radius 1 is 1.46 bits per heavy atom. The van der Waals surface area contributed by atoms with Crippen LogP contribution < -0.4 is 10.6 Å². The van der Waals surface area contributed by atoms with Gasteiger partial charge in [0.25, 0.3) is 0 Å². The van der Waals surface area contributed by atoms with E-state index in [1.807, 2.05) is 0 Å². The van der Waals surface area contributed by atoms with Crippen LogP contribution in [-0.4, -0.2) is 23.7 Å². The molecule has 0 aliphatic carbocycles. The molecule has 0 unspecified atom stereocenters. The van der Waals surface area contributed by atoms with Crippen molar-refractivity contribution in [2.75, 3.05) is 11.9 Å². The molecule has 5 heteroatoms. The minimum Gasteiger partial charge on any atom is -0.354 e. The summed E-state index contributed by atoms with van der Waals surface area (Å²) in [5.74, 6) is -0.388. The first kappa shape index (κ1) is 12.2. The van der Waals surface area contributed by atoms with Crippen molar-refractivity contribution in [1.82, 2.24) is 10.6 Å². The van der Waals surface area contributed by atoms with Crippen LogP contribution in [0.5, 0.6) is 0 Å². The summed E-state index contributed by atoms with van der Waals surface area (Å²) in [5, 5.41) is 5.40. The number of hydrogen-bond donors (Lipinski definition) is 2. The largest absolute Gasteiger partial charge is 0.354 e. The first-order chi connectivity index (χ1) is 6.20. The van der Waals surface area contributed by atoms with Gasteiger partial charge >= 0.3 is 0 Å². The van der Waals surface area contributed by atoms with Gasteiger partial charge in [-0.05, 0) is 6.08 Å². The number of carbonyl (C=O) groups excluding carboxylic acids is 2. The fraction of sp³-hybridized carbons (Fsp3) is 0.375. The molecule has 0 saturated heterocycles. The fourth-order valence-electron chi connectivity index (χ4n) is 0.598. The molecule has 0 fully saturated rings. The maximum atomic E-state index is 10.9. The Bertz CT molecular complexity index is 204. The number of rotatable bonds is 5. The molecule has 4 nitrogen and oxygen atoms in total. The summed E-state index contributed by atoms with van der Waals surface area (Å²) < 4.78 is 0. The van der Waals surface area contributed by atoms with Gasteiger partial charge in [-0.15, -0.1) is 0 Å². The Labute approximate surface area is 85.9 Å².